The molecule has 3 N–H and O–H groups in total. The Morgan fingerprint density at radius 3 is 3.00 bits per heavy atom. The standard InChI is InChI=1S/C17H28N4O3/c1-11-12(2)19-20-16(11)3-4-17(23)18-13-7-14-10-24-15(5-6-22)9-21(14)8-13/h13-15,22H,3-10H2,1-2H3,(H,18,23)(H,19,20)/t13-,14-,15-/m0/s1. The van der Waals surface area contributed by atoms with Gasteiger partial charge in [-0.2, -0.15) is 5.10 Å². The molecule has 3 heterocycles. The molecule has 7 heteroatoms. The molecule has 24 heavy (non-hydrogen) atoms. The highest BCUT2D eigenvalue weighted by Gasteiger charge is 2.37. The summed E-state index contributed by atoms with van der Waals surface area (Å²) in [6.07, 6.45) is 2.88. The van der Waals surface area contributed by atoms with Gasteiger partial charge in [0.25, 0.3) is 0 Å². The van der Waals surface area contributed by atoms with Crippen molar-refractivity contribution in [2.24, 2.45) is 0 Å². The van der Waals surface area contributed by atoms with Crippen LogP contribution in [0.3, 0.4) is 0 Å². The molecule has 2 saturated heterocycles. The third kappa shape index (κ3) is 3.96. The molecule has 3 atom stereocenters. The van der Waals surface area contributed by atoms with Gasteiger partial charge in [0.1, 0.15) is 0 Å². The number of rotatable bonds is 6. The van der Waals surface area contributed by atoms with Gasteiger partial charge in [0.2, 0.25) is 5.91 Å². The van der Waals surface area contributed by atoms with E-state index in [1.807, 2.05) is 13.8 Å². The first kappa shape index (κ1) is 17.4. The van der Waals surface area contributed by atoms with Crippen LogP contribution in [0, 0.1) is 13.8 Å². The van der Waals surface area contributed by atoms with E-state index in [2.05, 4.69) is 20.4 Å². The Morgan fingerprint density at radius 1 is 1.46 bits per heavy atom. The summed E-state index contributed by atoms with van der Waals surface area (Å²) in [5.74, 6) is 0.0905. The Balaban J connectivity index is 1.43. The highest BCUT2D eigenvalue weighted by molar-refractivity contribution is 5.76. The zero-order chi connectivity index (χ0) is 17.1. The Kier molecular flexibility index (Phi) is 5.53. The third-order valence-corrected chi connectivity index (χ3v) is 5.25. The molecule has 1 amide bonds. The van der Waals surface area contributed by atoms with Crippen LogP contribution in [0.2, 0.25) is 0 Å². The highest BCUT2D eigenvalue weighted by atomic mass is 16.5. The van der Waals surface area contributed by atoms with Crippen LogP contribution in [0.1, 0.15) is 36.2 Å². The molecular formula is C17H28N4O3. The van der Waals surface area contributed by atoms with Gasteiger partial charge in [0, 0.05) is 50.3 Å². The maximum atomic E-state index is 12.2. The van der Waals surface area contributed by atoms with Crippen LogP contribution in [-0.2, 0) is 16.0 Å². The number of H-pyrrole nitrogens is 1. The monoisotopic (exact) mass is 336 g/mol. The van der Waals surface area contributed by atoms with E-state index in [-0.39, 0.29) is 24.7 Å². The molecule has 0 aromatic carbocycles. The number of carbonyl (C=O) groups excluding carboxylic acids is 1. The minimum absolute atomic E-state index is 0.0905. The Hall–Kier alpha value is -1.44. The van der Waals surface area contributed by atoms with E-state index in [0.717, 1.165) is 36.5 Å². The minimum Gasteiger partial charge on any atom is -0.396 e. The van der Waals surface area contributed by atoms with Crippen LogP contribution in [-0.4, -0.2) is 70.6 Å². The summed E-state index contributed by atoms with van der Waals surface area (Å²) in [4.78, 5) is 14.6. The molecule has 2 aliphatic heterocycles. The first-order chi connectivity index (χ1) is 11.6. The SMILES string of the molecule is Cc1[nH]nc(CCC(=O)N[C@H]2C[C@H]3CO[C@@H](CCO)CN3C2)c1C. The van der Waals surface area contributed by atoms with Crippen molar-refractivity contribution in [3.8, 4) is 0 Å². The van der Waals surface area contributed by atoms with Gasteiger partial charge in [0.05, 0.1) is 18.4 Å². The molecule has 0 aliphatic carbocycles. The fourth-order valence-electron chi connectivity index (χ4n) is 3.68. The quantitative estimate of drug-likeness (QED) is 0.695. The number of aliphatic hydroxyl groups is 1. The molecule has 3 rings (SSSR count). The highest BCUT2D eigenvalue weighted by Crippen LogP contribution is 2.24. The lowest BCUT2D eigenvalue weighted by Crippen LogP contribution is -2.46. The second kappa shape index (κ2) is 7.63. The molecule has 1 aromatic rings. The third-order valence-electron chi connectivity index (χ3n) is 5.25. The number of hydrogen-bond acceptors (Lipinski definition) is 5. The average Bonchev–Trinajstić information content (AvgIpc) is 3.09. The molecule has 134 valence electrons. The lowest BCUT2D eigenvalue weighted by atomic mass is 10.1. The first-order valence-electron chi connectivity index (χ1n) is 8.83. The van der Waals surface area contributed by atoms with E-state index in [0.29, 0.717) is 31.9 Å². The second-order valence-corrected chi connectivity index (χ2v) is 7.00. The number of aliphatic hydroxyl groups excluding tert-OH is 1. The zero-order valence-electron chi connectivity index (χ0n) is 14.5. The maximum absolute atomic E-state index is 12.2. The molecule has 0 radical (unpaired) electrons. The molecule has 2 fully saturated rings. The van der Waals surface area contributed by atoms with Gasteiger partial charge in [-0.3, -0.25) is 14.8 Å². The summed E-state index contributed by atoms with van der Waals surface area (Å²) < 4.78 is 5.78. The Labute approximate surface area is 142 Å². The molecule has 0 spiro atoms. The lowest BCUT2D eigenvalue weighted by molar-refractivity contribution is -0.121. The number of aromatic amines is 1. The summed E-state index contributed by atoms with van der Waals surface area (Å²) in [6.45, 7) is 6.61. The second-order valence-electron chi connectivity index (χ2n) is 7.00. The Bertz CT molecular complexity index is 574. The Morgan fingerprint density at radius 2 is 2.29 bits per heavy atom. The van der Waals surface area contributed by atoms with Gasteiger partial charge in [-0.05, 0) is 32.3 Å². The van der Waals surface area contributed by atoms with Gasteiger partial charge in [0.15, 0.2) is 0 Å². The minimum atomic E-state index is 0.0905. The molecule has 7 nitrogen and oxygen atoms in total. The van der Waals surface area contributed by atoms with Gasteiger partial charge >= 0.3 is 0 Å². The number of hydrogen-bond donors (Lipinski definition) is 3. The summed E-state index contributed by atoms with van der Waals surface area (Å²) in [5.41, 5.74) is 3.19. The zero-order valence-corrected chi connectivity index (χ0v) is 14.5. The number of nitrogens with one attached hydrogen (secondary N) is 2. The molecule has 0 bridgehead atoms. The van der Waals surface area contributed by atoms with E-state index in [1.54, 1.807) is 0 Å². The van der Waals surface area contributed by atoms with Crippen molar-refractivity contribution in [2.45, 2.75) is 57.7 Å². The molecule has 1 aromatic heterocycles. The number of fused-ring (bicyclic) bond motifs is 1. The smallest absolute Gasteiger partial charge is 0.220 e. The summed E-state index contributed by atoms with van der Waals surface area (Å²) in [6, 6.07) is 0.586. The summed E-state index contributed by atoms with van der Waals surface area (Å²) in [5, 5.41) is 19.4. The fourth-order valence-corrected chi connectivity index (χ4v) is 3.68. The van der Waals surface area contributed by atoms with Crippen molar-refractivity contribution in [3.05, 3.63) is 17.0 Å². The van der Waals surface area contributed by atoms with Crippen LogP contribution >= 0.6 is 0 Å². The van der Waals surface area contributed by atoms with E-state index >= 15 is 0 Å². The lowest BCUT2D eigenvalue weighted by Gasteiger charge is -2.34. The number of aromatic nitrogens is 2. The molecule has 0 saturated carbocycles. The first-order valence-corrected chi connectivity index (χ1v) is 8.83. The van der Waals surface area contributed by atoms with Crippen molar-refractivity contribution in [1.29, 1.82) is 0 Å². The van der Waals surface area contributed by atoms with Gasteiger partial charge in [-0.15, -0.1) is 0 Å². The topological polar surface area (TPSA) is 90.5 Å². The van der Waals surface area contributed by atoms with Crippen LogP contribution in [0.4, 0.5) is 0 Å². The van der Waals surface area contributed by atoms with Gasteiger partial charge in [-0.25, -0.2) is 0 Å². The summed E-state index contributed by atoms with van der Waals surface area (Å²) in [7, 11) is 0. The van der Waals surface area contributed by atoms with Crippen molar-refractivity contribution in [3.63, 3.8) is 0 Å². The van der Waals surface area contributed by atoms with Crippen LogP contribution < -0.4 is 5.32 Å². The van der Waals surface area contributed by atoms with Gasteiger partial charge in [-0.1, -0.05) is 0 Å². The van der Waals surface area contributed by atoms with E-state index in [1.165, 1.54) is 0 Å². The van der Waals surface area contributed by atoms with Crippen molar-refractivity contribution in [2.75, 3.05) is 26.3 Å². The molecular weight excluding hydrogens is 308 g/mol. The predicted molar refractivity (Wildman–Crippen MR) is 89.7 cm³/mol. The number of morpholine rings is 1. The van der Waals surface area contributed by atoms with E-state index < -0.39 is 0 Å². The van der Waals surface area contributed by atoms with E-state index in [9.17, 15) is 4.79 Å². The average molecular weight is 336 g/mol. The number of ether oxygens (including phenoxy) is 1. The van der Waals surface area contributed by atoms with Crippen molar-refractivity contribution >= 4 is 5.91 Å². The molecule has 2 aliphatic rings. The molecule has 0 unspecified atom stereocenters. The number of carbonyl (C=O) groups is 1. The number of nitrogens with zero attached hydrogens (tertiary/aromatic N) is 2. The number of amides is 1. The maximum Gasteiger partial charge on any atom is 0.220 e. The van der Waals surface area contributed by atoms with Crippen molar-refractivity contribution < 1.29 is 14.6 Å². The largest absolute Gasteiger partial charge is 0.396 e. The summed E-state index contributed by atoms with van der Waals surface area (Å²) >= 11 is 0. The van der Waals surface area contributed by atoms with E-state index in [4.69, 9.17) is 9.84 Å². The van der Waals surface area contributed by atoms with Crippen molar-refractivity contribution in [1.82, 2.24) is 20.4 Å². The van der Waals surface area contributed by atoms with Crippen LogP contribution in [0.15, 0.2) is 0 Å². The predicted octanol–water partition coefficient (Wildman–Crippen LogP) is 0.299. The number of aryl methyl sites for hydroxylation is 2. The van der Waals surface area contributed by atoms with Crippen LogP contribution in [0.25, 0.3) is 0 Å². The van der Waals surface area contributed by atoms with Gasteiger partial charge < -0.3 is 15.2 Å². The normalized spacial score (nSPS) is 27.2. The fraction of sp³-hybridized carbons (Fsp3) is 0.765. The van der Waals surface area contributed by atoms with Crippen LogP contribution in [0.5, 0.6) is 0 Å².